The highest BCUT2D eigenvalue weighted by Crippen LogP contribution is 2.21. The third-order valence-corrected chi connectivity index (χ3v) is 3.66. The van der Waals surface area contributed by atoms with Crippen LogP contribution in [0.2, 0.25) is 0 Å². The Morgan fingerprint density at radius 3 is 2.41 bits per heavy atom. The number of benzene rings is 1. The van der Waals surface area contributed by atoms with Crippen molar-refractivity contribution in [2.24, 2.45) is 7.05 Å². The molecule has 0 bridgehead atoms. The fourth-order valence-electron chi connectivity index (χ4n) is 1.97. The van der Waals surface area contributed by atoms with Crippen LogP contribution in [0, 0.1) is 0 Å². The lowest BCUT2D eigenvalue weighted by atomic mass is 10.3. The summed E-state index contributed by atoms with van der Waals surface area (Å²) in [5.74, 6) is 0.520. The van der Waals surface area contributed by atoms with Gasteiger partial charge in [0.05, 0.1) is 11.0 Å². The summed E-state index contributed by atoms with van der Waals surface area (Å²) in [6.45, 7) is 0. The third-order valence-electron chi connectivity index (χ3n) is 2.73. The number of hydrogen-bond acceptors (Lipinski definition) is 4. The maximum atomic E-state index is 11.6. The van der Waals surface area contributed by atoms with Crippen LogP contribution >= 0.6 is 0 Å². The molecule has 17 heavy (non-hydrogen) atoms. The Balaban J connectivity index is 2.63. The predicted octanol–water partition coefficient (Wildman–Crippen LogP) is 0.624. The monoisotopic (exact) mass is 250 g/mol. The standard InChI is InChI=1S/C10H10N4O2S/c1-13-7-5-3-4-6-8(7)14-9(13)11-12-10(14)17(2,15)16/h3-6H,1-2H3. The van der Waals surface area contributed by atoms with Crippen LogP contribution in [-0.2, 0) is 16.9 Å². The number of sulfone groups is 1. The smallest absolute Gasteiger partial charge is 0.255 e. The second-order valence-corrected chi connectivity index (χ2v) is 5.85. The molecule has 1 aromatic carbocycles. The van der Waals surface area contributed by atoms with E-state index < -0.39 is 9.84 Å². The van der Waals surface area contributed by atoms with E-state index in [2.05, 4.69) is 10.2 Å². The van der Waals surface area contributed by atoms with Crippen molar-refractivity contribution in [2.45, 2.75) is 5.16 Å². The first-order valence-corrected chi connectivity index (χ1v) is 6.88. The molecule has 88 valence electrons. The molecule has 6 nitrogen and oxygen atoms in total. The second kappa shape index (κ2) is 3.07. The van der Waals surface area contributed by atoms with E-state index in [9.17, 15) is 8.42 Å². The van der Waals surface area contributed by atoms with Gasteiger partial charge in [0.2, 0.25) is 15.6 Å². The van der Waals surface area contributed by atoms with Gasteiger partial charge < -0.3 is 4.57 Å². The highest BCUT2D eigenvalue weighted by molar-refractivity contribution is 7.90. The molecule has 0 aliphatic heterocycles. The molecule has 0 spiro atoms. The minimum Gasteiger partial charge on any atom is -0.311 e. The van der Waals surface area contributed by atoms with Crippen LogP contribution < -0.4 is 0 Å². The molecule has 0 aliphatic carbocycles. The van der Waals surface area contributed by atoms with Crippen molar-refractivity contribution < 1.29 is 8.42 Å². The van der Waals surface area contributed by atoms with Gasteiger partial charge in [0.15, 0.2) is 0 Å². The van der Waals surface area contributed by atoms with E-state index in [0.717, 1.165) is 17.3 Å². The van der Waals surface area contributed by atoms with Gasteiger partial charge in [-0.1, -0.05) is 12.1 Å². The Morgan fingerprint density at radius 2 is 1.76 bits per heavy atom. The van der Waals surface area contributed by atoms with E-state index in [0.29, 0.717) is 5.78 Å². The maximum Gasteiger partial charge on any atom is 0.255 e. The highest BCUT2D eigenvalue weighted by atomic mass is 32.2. The van der Waals surface area contributed by atoms with Gasteiger partial charge in [-0.15, -0.1) is 10.2 Å². The maximum absolute atomic E-state index is 11.6. The molecule has 3 aromatic rings. The van der Waals surface area contributed by atoms with Crippen molar-refractivity contribution in [2.75, 3.05) is 6.26 Å². The van der Waals surface area contributed by atoms with E-state index in [-0.39, 0.29) is 5.16 Å². The lowest BCUT2D eigenvalue weighted by Crippen LogP contribution is -2.03. The first-order chi connectivity index (χ1) is 8.00. The number of aromatic nitrogens is 4. The van der Waals surface area contributed by atoms with Crippen LogP contribution in [0.1, 0.15) is 0 Å². The first-order valence-electron chi connectivity index (χ1n) is 4.99. The topological polar surface area (TPSA) is 69.3 Å². The molecule has 0 aliphatic rings. The number of hydrogen-bond donors (Lipinski definition) is 0. The number of imidazole rings is 1. The van der Waals surface area contributed by atoms with Crippen LogP contribution in [0.4, 0.5) is 0 Å². The van der Waals surface area contributed by atoms with Crippen LogP contribution in [-0.4, -0.2) is 33.8 Å². The molecule has 0 radical (unpaired) electrons. The number of fused-ring (bicyclic) bond motifs is 3. The molecule has 0 atom stereocenters. The normalized spacial score (nSPS) is 12.6. The summed E-state index contributed by atoms with van der Waals surface area (Å²) in [6, 6.07) is 7.51. The number of rotatable bonds is 1. The van der Waals surface area contributed by atoms with Crippen molar-refractivity contribution in [3.63, 3.8) is 0 Å². The van der Waals surface area contributed by atoms with Gasteiger partial charge in [-0.2, -0.15) is 0 Å². The van der Waals surface area contributed by atoms with Crippen LogP contribution in [0.15, 0.2) is 29.4 Å². The largest absolute Gasteiger partial charge is 0.311 e. The molecule has 0 saturated heterocycles. The molecule has 2 heterocycles. The fourth-order valence-corrected chi connectivity index (χ4v) is 2.68. The quantitative estimate of drug-likeness (QED) is 0.635. The van der Waals surface area contributed by atoms with Crippen LogP contribution in [0.25, 0.3) is 16.8 Å². The Bertz CT molecular complexity index is 829. The molecule has 0 fully saturated rings. The summed E-state index contributed by atoms with van der Waals surface area (Å²) in [5, 5.41) is 7.64. The van der Waals surface area contributed by atoms with Gasteiger partial charge in [0.1, 0.15) is 0 Å². The van der Waals surface area contributed by atoms with Crippen molar-refractivity contribution in [1.29, 1.82) is 0 Å². The summed E-state index contributed by atoms with van der Waals surface area (Å²) >= 11 is 0. The van der Waals surface area contributed by atoms with Gasteiger partial charge in [-0.3, -0.25) is 0 Å². The minimum absolute atomic E-state index is 0.0238. The summed E-state index contributed by atoms with van der Waals surface area (Å²) in [7, 11) is -1.56. The van der Waals surface area contributed by atoms with E-state index in [1.165, 1.54) is 0 Å². The predicted molar refractivity (Wildman–Crippen MR) is 62.6 cm³/mol. The van der Waals surface area contributed by atoms with E-state index in [1.807, 2.05) is 35.9 Å². The molecule has 0 N–H and O–H groups in total. The Kier molecular flexibility index (Phi) is 1.86. The average Bonchev–Trinajstić information content (AvgIpc) is 2.80. The zero-order valence-corrected chi connectivity index (χ0v) is 10.1. The molecule has 0 amide bonds. The van der Waals surface area contributed by atoms with Crippen molar-refractivity contribution >= 4 is 26.6 Å². The SMILES string of the molecule is Cn1c2ccccc2n2c(S(C)(=O)=O)nnc12. The lowest BCUT2D eigenvalue weighted by Gasteiger charge is -1.94. The van der Waals surface area contributed by atoms with Crippen molar-refractivity contribution in [3.8, 4) is 0 Å². The van der Waals surface area contributed by atoms with Crippen molar-refractivity contribution in [1.82, 2.24) is 19.2 Å². The van der Waals surface area contributed by atoms with Gasteiger partial charge in [0, 0.05) is 13.3 Å². The third kappa shape index (κ3) is 1.29. The molecule has 0 unspecified atom stereocenters. The van der Waals surface area contributed by atoms with Crippen molar-refractivity contribution in [3.05, 3.63) is 24.3 Å². The summed E-state index contributed by atoms with van der Waals surface area (Å²) in [4.78, 5) is 0. The zero-order chi connectivity index (χ0) is 12.2. The minimum atomic E-state index is -3.39. The highest BCUT2D eigenvalue weighted by Gasteiger charge is 2.20. The van der Waals surface area contributed by atoms with Gasteiger partial charge >= 0.3 is 0 Å². The lowest BCUT2D eigenvalue weighted by molar-refractivity contribution is 0.592. The van der Waals surface area contributed by atoms with Gasteiger partial charge in [0.25, 0.3) is 5.16 Å². The molecule has 2 aromatic heterocycles. The van der Waals surface area contributed by atoms with E-state index in [1.54, 1.807) is 4.40 Å². The summed E-state index contributed by atoms with van der Waals surface area (Å²) in [6.07, 6.45) is 1.13. The molecular weight excluding hydrogens is 240 g/mol. The van der Waals surface area contributed by atoms with E-state index in [4.69, 9.17) is 0 Å². The summed E-state index contributed by atoms with van der Waals surface area (Å²) in [5.41, 5.74) is 1.71. The fraction of sp³-hybridized carbons (Fsp3) is 0.200. The van der Waals surface area contributed by atoms with Crippen LogP contribution in [0.5, 0.6) is 0 Å². The second-order valence-electron chi connectivity index (χ2n) is 3.94. The first kappa shape index (κ1) is 10.3. The number of aryl methyl sites for hydroxylation is 1. The Hall–Kier alpha value is -1.89. The molecule has 3 rings (SSSR count). The summed E-state index contributed by atoms with van der Waals surface area (Å²) < 4.78 is 26.6. The Labute approximate surface area is 97.4 Å². The number of para-hydroxylation sites is 2. The van der Waals surface area contributed by atoms with Gasteiger partial charge in [-0.05, 0) is 12.1 Å². The molecule has 0 saturated carbocycles. The number of nitrogens with zero attached hydrogens (tertiary/aromatic N) is 4. The molecular formula is C10H10N4O2S. The van der Waals surface area contributed by atoms with E-state index >= 15 is 0 Å². The van der Waals surface area contributed by atoms with Gasteiger partial charge in [-0.25, -0.2) is 12.8 Å². The molecule has 7 heteroatoms. The zero-order valence-electron chi connectivity index (χ0n) is 9.32. The Morgan fingerprint density at radius 1 is 1.12 bits per heavy atom. The average molecular weight is 250 g/mol. The van der Waals surface area contributed by atoms with Crippen LogP contribution in [0.3, 0.4) is 0 Å².